The molecule has 0 spiro atoms. The summed E-state index contributed by atoms with van der Waals surface area (Å²) < 4.78 is 33.2. The van der Waals surface area contributed by atoms with Gasteiger partial charge in [-0.15, -0.1) is 0 Å². The third-order valence-corrected chi connectivity index (χ3v) is 5.68. The number of anilines is 1. The third-order valence-electron chi connectivity index (χ3n) is 4.32. The van der Waals surface area contributed by atoms with Crippen molar-refractivity contribution in [3.63, 3.8) is 0 Å². The van der Waals surface area contributed by atoms with Crippen LogP contribution in [0, 0.1) is 0 Å². The molecule has 8 nitrogen and oxygen atoms in total. The summed E-state index contributed by atoms with van der Waals surface area (Å²) in [6.07, 6.45) is 1.78. The number of carbonyl (C=O) groups is 2. The van der Waals surface area contributed by atoms with E-state index < -0.39 is 21.9 Å². The lowest BCUT2D eigenvalue weighted by atomic mass is 10.1. The molecule has 1 saturated heterocycles. The summed E-state index contributed by atoms with van der Waals surface area (Å²) >= 11 is 0. The van der Waals surface area contributed by atoms with Crippen LogP contribution in [0.2, 0.25) is 0 Å². The van der Waals surface area contributed by atoms with Gasteiger partial charge in [-0.25, -0.2) is 13.2 Å². The van der Waals surface area contributed by atoms with E-state index in [1.54, 1.807) is 12.1 Å². The van der Waals surface area contributed by atoms with Gasteiger partial charge in [0, 0.05) is 13.2 Å². The lowest BCUT2D eigenvalue weighted by Crippen LogP contribution is -2.32. The van der Waals surface area contributed by atoms with Crippen molar-refractivity contribution < 1.29 is 27.9 Å². The van der Waals surface area contributed by atoms with Gasteiger partial charge in [0.1, 0.15) is 0 Å². The molecule has 0 radical (unpaired) electrons. The maximum Gasteiger partial charge on any atom is 0.335 e. The minimum Gasteiger partial charge on any atom is -0.478 e. The highest BCUT2D eigenvalue weighted by Gasteiger charge is 2.21. The number of benzene rings is 2. The van der Waals surface area contributed by atoms with Crippen LogP contribution in [0.3, 0.4) is 0 Å². The van der Waals surface area contributed by atoms with Crippen LogP contribution in [0.1, 0.15) is 33.6 Å². The molecular weight excluding hydrogens is 384 g/mol. The Kier molecular flexibility index (Phi) is 5.96. The molecule has 0 aromatic heterocycles. The Labute approximate surface area is 162 Å². The highest BCUT2D eigenvalue weighted by atomic mass is 32.2. The van der Waals surface area contributed by atoms with Crippen LogP contribution in [-0.2, 0) is 14.8 Å². The van der Waals surface area contributed by atoms with Gasteiger partial charge in [0.2, 0.25) is 0 Å². The molecule has 3 rings (SSSR count). The number of nitrogens with one attached hydrogen (secondary N) is 2. The Morgan fingerprint density at radius 3 is 2.64 bits per heavy atom. The Bertz CT molecular complexity index is 983. The number of sulfonamides is 1. The van der Waals surface area contributed by atoms with E-state index in [1.807, 2.05) is 0 Å². The summed E-state index contributed by atoms with van der Waals surface area (Å²) in [7, 11) is -4.07. The van der Waals surface area contributed by atoms with Crippen LogP contribution in [0.4, 0.5) is 5.69 Å². The number of hydrogen-bond donors (Lipinski definition) is 3. The Morgan fingerprint density at radius 2 is 1.93 bits per heavy atom. The number of ether oxygens (including phenoxy) is 1. The molecule has 1 amide bonds. The Hall–Kier alpha value is -2.91. The maximum absolute atomic E-state index is 12.7. The molecule has 0 bridgehead atoms. The number of rotatable bonds is 7. The van der Waals surface area contributed by atoms with Gasteiger partial charge in [0.15, 0.2) is 0 Å². The van der Waals surface area contributed by atoms with Crippen LogP contribution in [0.15, 0.2) is 53.4 Å². The fourth-order valence-electron chi connectivity index (χ4n) is 2.88. The van der Waals surface area contributed by atoms with E-state index in [0.29, 0.717) is 13.2 Å². The zero-order chi connectivity index (χ0) is 20.1. The molecule has 0 saturated carbocycles. The van der Waals surface area contributed by atoms with Crippen molar-refractivity contribution >= 4 is 27.6 Å². The average Bonchev–Trinajstić information content (AvgIpc) is 3.20. The molecule has 2 aromatic carbocycles. The molecule has 1 aliphatic rings. The van der Waals surface area contributed by atoms with Gasteiger partial charge in [-0.1, -0.05) is 18.2 Å². The summed E-state index contributed by atoms with van der Waals surface area (Å²) in [6, 6.07) is 11.2. The largest absolute Gasteiger partial charge is 0.478 e. The van der Waals surface area contributed by atoms with E-state index in [-0.39, 0.29) is 27.8 Å². The molecule has 3 N–H and O–H groups in total. The number of para-hydroxylation sites is 1. The van der Waals surface area contributed by atoms with Crippen molar-refractivity contribution in [2.24, 2.45) is 0 Å². The summed E-state index contributed by atoms with van der Waals surface area (Å²) in [5, 5.41) is 11.8. The number of aromatic carboxylic acids is 1. The standard InChI is InChI=1S/C19H20N2O6S/c22-18(20-12-14-6-4-10-27-14)16-8-1-2-9-17(16)21-28(25,26)15-7-3-5-13(11-15)19(23)24/h1-3,5,7-9,11,14,21H,4,6,10,12H2,(H,20,22)(H,23,24)/t14-/m0/s1. The summed E-state index contributed by atoms with van der Waals surface area (Å²) in [6.45, 7) is 1.02. The number of hydrogen-bond acceptors (Lipinski definition) is 5. The summed E-state index contributed by atoms with van der Waals surface area (Å²) in [4.78, 5) is 23.4. The van der Waals surface area contributed by atoms with Gasteiger partial charge in [0.25, 0.3) is 15.9 Å². The Morgan fingerprint density at radius 1 is 1.14 bits per heavy atom. The highest BCUT2D eigenvalue weighted by molar-refractivity contribution is 7.92. The van der Waals surface area contributed by atoms with Crippen molar-refractivity contribution in [2.75, 3.05) is 17.9 Å². The first-order chi connectivity index (χ1) is 13.4. The van der Waals surface area contributed by atoms with Crippen LogP contribution in [-0.4, -0.2) is 44.7 Å². The van der Waals surface area contributed by atoms with Gasteiger partial charge < -0.3 is 15.2 Å². The number of carboxylic acids is 1. The summed E-state index contributed by atoms with van der Waals surface area (Å²) in [5.41, 5.74) is 0.122. The van der Waals surface area contributed by atoms with Gasteiger partial charge in [-0.05, 0) is 43.2 Å². The zero-order valence-corrected chi connectivity index (χ0v) is 15.7. The second kappa shape index (κ2) is 8.41. The SMILES string of the molecule is O=C(O)c1cccc(S(=O)(=O)Nc2ccccc2C(=O)NC[C@@H]2CCCO2)c1. The maximum atomic E-state index is 12.7. The first-order valence-corrected chi connectivity index (χ1v) is 10.2. The van der Waals surface area contributed by atoms with Gasteiger partial charge in [0.05, 0.1) is 27.8 Å². The molecule has 0 aliphatic carbocycles. The predicted molar refractivity (Wildman–Crippen MR) is 102 cm³/mol. The fraction of sp³-hybridized carbons (Fsp3) is 0.263. The molecule has 148 valence electrons. The average molecular weight is 404 g/mol. The van der Waals surface area contributed by atoms with Gasteiger partial charge >= 0.3 is 5.97 Å². The lowest BCUT2D eigenvalue weighted by Gasteiger charge is -2.14. The molecule has 9 heteroatoms. The molecule has 1 aliphatic heterocycles. The van der Waals surface area contributed by atoms with Crippen LogP contribution >= 0.6 is 0 Å². The van der Waals surface area contributed by atoms with Crippen molar-refractivity contribution in [1.82, 2.24) is 5.32 Å². The monoisotopic (exact) mass is 404 g/mol. The minimum atomic E-state index is -4.07. The molecule has 28 heavy (non-hydrogen) atoms. The number of amides is 1. The van der Waals surface area contributed by atoms with E-state index in [0.717, 1.165) is 18.9 Å². The second-order valence-electron chi connectivity index (χ2n) is 6.33. The van der Waals surface area contributed by atoms with E-state index in [2.05, 4.69) is 10.0 Å². The molecular formula is C19H20N2O6S. The smallest absolute Gasteiger partial charge is 0.335 e. The van der Waals surface area contributed by atoms with E-state index >= 15 is 0 Å². The predicted octanol–water partition coefficient (Wildman–Crippen LogP) is 2.09. The van der Waals surface area contributed by atoms with Crippen molar-refractivity contribution in [3.05, 3.63) is 59.7 Å². The molecule has 2 aromatic rings. The van der Waals surface area contributed by atoms with Gasteiger partial charge in [-0.2, -0.15) is 0 Å². The van der Waals surface area contributed by atoms with E-state index in [1.165, 1.54) is 30.3 Å². The fourth-order valence-corrected chi connectivity index (χ4v) is 4.00. The van der Waals surface area contributed by atoms with Crippen molar-refractivity contribution in [1.29, 1.82) is 0 Å². The first kappa shape index (κ1) is 19.8. The van der Waals surface area contributed by atoms with Crippen LogP contribution < -0.4 is 10.0 Å². The van der Waals surface area contributed by atoms with E-state index in [4.69, 9.17) is 9.84 Å². The Balaban J connectivity index is 1.79. The lowest BCUT2D eigenvalue weighted by molar-refractivity contribution is 0.0696. The molecule has 1 fully saturated rings. The van der Waals surface area contributed by atoms with Crippen molar-refractivity contribution in [3.8, 4) is 0 Å². The summed E-state index contributed by atoms with van der Waals surface area (Å²) in [5.74, 6) is -1.65. The molecule has 1 atom stereocenters. The topological polar surface area (TPSA) is 122 Å². The second-order valence-corrected chi connectivity index (χ2v) is 8.01. The number of carboxylic acid groups (broad SMARTS) is 1. The van der Waals surface area contributed by atoms with Crippen molar-refractivity contribution in [2.45, 2.75) is 23.8 Å². The first-order valence-electron chi connectivity index (χ1n) is 8.72. The third kappa shape index (κ3) is 4.68. The molecule has 1 heterocycles. The zero-order valence-electron chi connectivity index (χ0n) is 14.9. The van der Waals surface area contributed by atoms with Crippen LogP contribution in [0.5, 0.6) is 0 Å². The highest BCUT2D eigenvalue weighted by Crippen LogP contribution is 2.21. The quantitative estimate of drug-likeness (QED) is 0.650. The normalized spacial score (nSPS) is 16.5. The molecule has 0 unspecified atom stereocenters. The van der Waals surface area contributed by atoms with Gasteiger partial charge in [-0.3, -0.25) is 9.52 Å². The number of carbonyl (C=O) groups excluding carboxylic acids is 1. The minimum absolute atomic E-state index is 0.0356. The van der Waals surface area contributed by atoms with Crippen LogP contribution in [0.25, 0.3) is 0 Å². The van der Waals surface area contributed by atoms with E-state index in [9.17, 15) is 18.0 Å².